The van der Waals surface area contributed by atoms with Gasteiger partial charge in [0.1, 0.15) is 5.75 Å². The van der Waals surface area contributed by atoms with E-state index in [0.29, 0.717) is 17.2 Å². The van der Waals surface area contributed by atoms with Crippen molar-refractivity contribution in [2.75, 3.05) is 5.32 Å². The molecule has 2 rings (SSSR count). The Balaban J connectivity index is 2.06. The standard InChI is InChI=1S/C23H30N2O3/c1-6-16(4)20-12-7-8-13-21(20)28-17(5)22(26)25-19-11-9-10-18(14-19)23(27)24-15(2)3/h7-17H,6H2,1-5H3,(H,24,27)(H,25,26). The van der Waals surface area contributed by atoms with E-state index in [1.54, 1.807) is 31.2 Å². The van der Waals surface area contributed by atoms with E-state index in [-0.39, 0.29) is 17.9 Å². The van der Waals surface area contributed by atoms with Crippen LogP contribution >= 0.6 is 0 Å². The molecule has 0 aliphatic carbocycles. The Bertz CT molecular complexity index is 817. The van der Waals surface area contributed by atoms with Gasteiger partial charge in [-0.3, -0.25) is 9.59 Å². The van der Waals surface area contributed by atoms with E-state index in [1.165, 1.54) is 0 Å². The van der Waals surface area contributed by atoms with Gasteiger partial charge in [-0.05, 0) is 62.9 Å². The Labute approximate surface area is 167 Å². The summed E-state index contributed by atoms with van der Waals surface area (Å²) in [4.78, 5) is 24.7. The number of carbonyl (C=O) groups is 2. The summed E-state index contributed by atoms with van der Waals surface area (Å²) in [6, 6.07) is 14.7. The number of amides is 2. The van der Waals surface area contributed by atoms with Crippen molar-refractivity contribution in [3.63, 3.8) is 0 Å². The van der Waals surface area contributed by atoms with Gasteiger partial charge in [-0.1, -0.05) is 38.1 Å². The minimum absolute atomic E-state index is 0.0461. The number of nitrogens with one attached hydrogen (secondary N) is 2. The summed E-state index contributed by atoms with van der Waals surface area (Å²) in [6.07, 6.45) is 0.324. The van der Waals surface area contributed by atoms with Gasteiger partial charge in [0.15, 0.2) is 6.10 Å². The zero-order valence-electron chi connectivity index (χ0n) is 17.3. The highest BCUT2D eigenvalue weighted by Gasteiger charge is 2.18. The summed E-state index contributed by atoms with van der Waals surface area (Å²) < 4.78 is 5.94. The number of benzene rings is 2. The zero-order chi connectivity index (χ0) is 20.7. The summed E-state index contributed by atoms with van der Waals surface area (Å²) in [5.41, 5.74) is 2.16. The number of hydrogen-bond donors (Lipinski definition) is 2. The molecule has 0 aliphatic rings. The number of rotatable bonds is 8. The van der Waals surface area contributed by atoms with Gasteiger partial charge in [0, 0.05) is 17.3 Å². The lowest BCUT2D eigenvalue weighted by Crippen LogP contribution is -2.31. The fraction of sp³-hybridized carbons (Fsp3) is 0.391. The van der Waals surface area contributed by atoms with Crippen LogP contribution in [0.3, 0.4) is 0 Å². The molecule has 2 unspecified atom stereocenters. The Kier molecular flexibility index (Phi) is 7.61. The molecule has 0 spiro atoms. The van der Waals surface area contributed by atoms with Crippen LogP contribution in [-0.4, -0.2) is 24.0 Å². The van der Waals surface area contributed by atoms with Crippen molar-refractivity contribution in [3.05, 3.63) is 59.7 Å². The van der Waals surface area contributed by atoms with Crippen molar-refractivity contribution in [2.24, 2.45) is 0 Å². The van der Waals surface area contributed by atoms with Crippen LogP contribution in [0.4, 0.5) is 5.69 Å². The quantitative estimate of drug-likeness (QED) is 0.693. The molecule has 0 aliphatic heterocycles. The molecule has 0 saturated carbocycles. The Morgan fingerprint density at radius 1 is 1.00 bits per heavy atom. The van der Waals surface area contributed by atoms with Gasteiger partial charge in [0.05, 0.1) is 0 Å². The van der Waals surface area contributed by atoms with Gasteiger partial charge in [0.2, 0.25) is 0 Å². The summed E-state index contributed by atoms with van der Waals surface area (Å²) in [6.45, 7) is 9.79. The van der Waals surface area contributed by atoms with Crippen LogP contribution < -0.4 is 15.4 Å². The van der Waals surface area contributed by atoms with E-state index in [2.05, 4.69) is 24.5 Å². The summed E-state index contributed by atoms with van der Waals surface area (Å²) in [5, 5.41) is 5.67. The number of ether oxygens (including phenoxy) is 1. The Hall–Kier alpha value is -2.82. The lowest BCUT2D eigenvalue weighted by Gasteiger charge is -2.19. The SMILES string of the molecule is CCC(C)c1ccccc1OC(C)C(=O)Nc1cccc(C(=O)NC(C)C)c1. The van der Waals surface area contributed by atoms with E-state index in [4.69, 9.17) is 4.74 Å². The Morgan fingerprint density at radius 2 is 1.71 bits per heavy atom. The number of para-hydroxylation sites is 1. The van der Waals surface area contributed by atoms with Crippen LogP contribution in [0.1, 0.15) is 62.9 Å². The zero-order valence-corrected chi connectivity index (χ0v) is 17.3. The van der Waals surface area contributed by atoms with Gasteiger partial charge >= 0.3 is 0 Å². The van der Waals surface area contributed by atoms with Gasteiger partial charge in [-0.25, -0.2) is 0 Å². The van der Waals surface area contributed by atoms with Gasteiger partial charge < -0.3 is 15.4 Å². The highest BCUT2D eigenvalue weighted by molar-refractivity contribution is 5.98. The van der Waals surface area contributed by atoms with Crippen molar-refractivity contribution < 1.29 is 14.3 Å². The smallest absolute Gasteiger partial charge is 0.265 e. The maximum absolute atomic E-state index is 12.6. The first-order valence-electron chi connectivity index (χ1n) is 9.79. The maximum atomic E-state index is 12.6. The van der Waals surface area contributed by atoms with Crippen LogP contribution in [-0.2, 0) is 4.79 Å². The van der Waals surface area contributed by atoms with Crippen LogP contribution in [0.5, 0.6) is 5.75 Å². The van der Waals surface area contributed by atoms with E-state index in [0.717, 1.165) is 17.7 Å². The molecule has 0 bridgehead atoms. The van der Waals surface area contributed by atoms with Crippen LogP contribution in [0.2, 0.25) is 0 Å². The molecule has 5 heteroatoms. The molecule has 5 nitrogen and oxygen atoms in total. The minimum Gasteiger partial charge on any atom is -0.481 e. The molecule has 0 fully saturated rings. The molecular weight excluding hydrogens is 352 g/mol. The van der Waals surface area contributed by atoms with Crippen LogP contribution in [0, 0.1) is 0 Å². The molecule has 0 aromatic heterocycles. The van der Waals surface area contributed by atoms with Crippen molar-refractivity contribution in [3.8, 4) is 5.75 Å². The van der Waals surface area contributed by atoms with Crippen molar-refractivity contribution >= 4 is 17.5 Å². The van der Waals surface area contributed by atoms with Crippen LogP contribution in [0.25, 0.3) is 0 Å². The molecule has 2 aromatic carbocycles. The van der Waals surface area contributed by atoms with Gasteiger partial charge in [-0.2, -0.15) is 0 Å². The largest absolute Gasteiger partial charge is 0.481 e. The molecule has 2 amide bonds. The van der Waals surface area contributed by atoms with E-state index >= 15 is 0 Å². The predicted molar refractivity (Wildman–Crippen MR) is 113 cm³/mol. The maximum Gasteiger partial charge on any atom is 0.265 e. The number of carbonyl (C=O) groups excluding carboxylic acids is 2. The van der Waals surface area contributed by atoms with Crippen molar-refractivity contribution in [1.29, 1.82) is 0 Å². The third kappa shape index (κ3) is 5.84. The monoisotopic (exact) mass is 382 g/mol. The van der Waals surface area contributed by atoms with E-state index < -0.39 is 6.10 Å². The average molecular weight is 383 g/mol. The van der Waals surface area contributed by atoms with Crippen molar-refractivity contribution in [1.82, 2.24) is 5.32 Å². The first kappa shape index (κ1) is 21.5. The lowest BCUT2D eigenvalue weighted by molar-refractivity contribution is -0.122. The third-order valence-corrected chi connectivity index (χ3v) is 4.55. The molecule has 28 heavy (non-hydrogen) atoms. The first-order chi connectivity index (χ1) is 13.3. The third-order valence-electron chi connectivity index (χ3n) is 4.55. The molecule has 2 aromatic rings. The highest BCUT2D eigenvalue weighted by atomic mass is 16.5. The van der Waals surface area contributed by atoms with Gasteiger partial charge in [0.25, 0.3) is 11.8 Å². The predicted octanol–water partition coefficient (Wildman–Crippen LogP) is 4.74. The molecule has 0 saturated heterocycles. The van der Waals surface area contributed by atoms with Crippen molar-refractivity contribution in [2.45, 2.75) is 59.1 Å². The summed E-state index contributed by atoms with van der Waals surface area (Å²) >= 11 is 0. The molecular formula is C23H30N2O3. The van der Waals surface area contributed by atoms with Gasteiger partial charge in [-0.15, -0.1) is 0 Å². The van der Waals surface area contributed by atoms with E-state index in [1.807, 2.05) is 38.1 Å². The second kappa shape index (κ2) is 9.93. The Morgan fingerprint density at radius 3 is 2.39 bits per heavy atom. The molecule has 0 radical (unpaired) electrons. The first-order valence-corrected chi connectivity index (χ1v) is 9.79. The summed E-state index contributed by atoms with van der Waals surface area (Å²) in [5.74, 6) is 0.644. The summed E-state index contributed by atoms with van der Waals surface area (Å²) in [7, 11) is 0. The minimum atomic E-state index is -0.668. The molecule has 150 valence electrons. The highest BCUT2D eigenvalue weighted by Crippen LogP contribution is 2.29. The number of anilines is 1. The molecule has 2 atom stereocenters. The normalized spacial score (nSPS) is 12.9. The second-order valence-corrected chi connectivity index (χ2v) is 7.31. The van der Waals surface area contributed by atoms with E-state index in [9.17, 15) is 9.59 Å². The topological polar surface area (TPSA) is 67.4 Å². The molecule has 2 N–H and O–H groups in total. The molecule has 0 heterocycles. The second-order valence-electron chi connectivity index (χ2n) is 7.31. The average Bonchev–Trinajstić information content (AvgIpc) is 2.67. The fourth-order valence-corrected chi connectivity index (χ4v) is 2.79. The van der Waals surface area contributed by atoms with Crippen LogP contribution in [0.15, 0.2) is 48.5 Å². The number of hydrogen-bond acceptors (Lipinski definition) is 3. The fourth-order valence-electron chi connectivity index (χ4n) is 2.79. The lowest BCUT2D eigenvalue weighted by atomic mass is 9.98.